The molecule has 0 radical (unpaired) electrons. The maximum absolute atomic E-state index is 12.9. The number of fused-ring (bicyclic) bond motifs is 4. The molecule has 142 valence electrons. The van der Waals surface area contributed by atoms with Crippen molar-refractivity contribution in [1.82, 2.24) is 20.4 Å². The van der Waals surface area contributed by atoms with Crippen LogP contribution in [0.5, 0.6) is 0 Å². The number of hydrogen-bond acceptors (Lipinski definition) is 5. The Kier molecular flexibility index (Phi) is 4.11. The van der Waals surface area contributed by atoms with Crippen LogP contribution in [0.3, 0.4) is 0 Å². The summed E-state index contributed by atoms with van der Waals surface area (Å²) in [5, 5.41) is 16.4. The van der Waals surface area contributed by atoms with Crippen molar-refractivity contribution in [1.29, 1.82) is 0 Å². The van der Waals surface area contributed by atoms with E-state index in [2.05, 4.69) is 10.6 Å². The largest absolute Gasteiger partial charge is 0.365 e. The van der Waals surface area contributed by atoms with Crippen LogP contribution in [0.2, 0.25) is 0 Å². The van der Waals surface area contributed by atoms with Gasteiger partial charge in [0.1, 0.15) is 12.6 Å². The van der Waals surface area contributed by atoms with Crippen molar-refractivity contribution in [3.05, 3.63) is 35.4 Å². The molecule has 3 aliphatic rings. The van der Waals surface area contributed by atoms with Crippen LogP contribution in [0.15, 0.2) is 24.3 Å². The molecule has 0 bridgehead atoms. The molecule has 3 aliphatic heterocycles. The number of carbonyl (C=O) groups is 4. The zero-order valence-corrected chi connectivity index (χ0v) is 14.6. The maximum Gasteiger partial charge on any atom is 0.257 e. The zero-order chi connectivity index (χ0) is 19.2. The zero-order valence-electron chi connectivity index (χ0n) is 14.6. The van der Waals surface area contributed by atoms with Gasteiger partial charge in [-0.1, -0.05) is 18.2 Å². The lowest BCUT2D eigenvalue weighted by atomic mass is 10.0. The second-order valence-corrected chi connectivity index (χ2v) is 6.99. The second-order valence-electron chi connectivity index (χ2n) is 6.99. The summed E-state index contributed by atoms with van der Waals surface area (Å²) in [6.45, 7) is -0.510. The molecule has 4 rings (SSSR count). The first-order valence-electron chi connectivity index (χ1n) is 8.89. The first-order valence-corrected chi connectivity index (χ1v) is 8.89. The molecule has 2 atom stereocenters. The van der Waals surface area contributed by atoms with Gasteiger partial charge in [-0.3, -0.25) is 24.1 Å². The smallest absolute Gasteiger partial charge is 0.257 e. The molecule has 3 N–H and O–H groups in total. The Morgan fingerprint density at radius 2 is 1.89 bits per heavy atom. The highest BCUT2D eigenvalue weighted by Gasteiger charge is 2.50. The molecular formula is C18H20N4O5. The fourth-order valence-corrected chi connectivity index (χ4v) is 4.00. The van der Waals surface area contributed by atoms with E-state index in [1.807, 2.05) is 0 Å². The van der Waals surface area contributed by atoms with Gasteiger partial charge < -0.3 is 20.6 Å². The molecule has 3 heterocycles. The normalized spacial score (nSPS) is 28.6. The van der Waals surface area contributed by atoms with E-state index in [9.17, 15) is 24.3 Å². The van der Waals surface area contributed by atoms with Gasteiger partial charge in [0.25, 0.3) is 5.91 Å². The van der Waals surface area contributed by atoms with E-state index >= 15 is 0 Å². The summed E-state index contributed by atoms with van der Waals surface area (Å²) in [6, 6.07) is 5.88. The van der Waals surface area contributed by atoms with Crippen LogP contribution in [0.1, 0.15) is 28.8 Å². The lowest BCUT2D eigenvalue weighted by Crippen LogP contribution is -2.58. The quantitative estimate of drug-likeness (QED) is 0.513. The summed E-state index contributed by atoms with van der Waals surface area (Å²) < 4.78 is 0. The summed E-state index contributed by atoms with van der Waals surface area (Å²) in [4.78, 5) is 52.6. The molecule has 27 heavy (non-hydrogen) atoms. The number of carbonyl (C=O) groups excluding carboxylic acids is 4. The van der Waals surface area contributed by atoms with Crippen LogP contribution in [0.25, 0.3) is 0 Å². The van der Waals surface area contributed by atoms with E-state index in [4.69, 9.17) is 0 Å². The molecule has 0 aromatic heterocycles. The Bertz CT molecular complexity index is 841. The Morgan fingerprint density at radius 1 is 1.11 bits per heavy atom. The van der Waals surface area contributed by atoms with Crippen molar-refractivity contribution in [3.8, 4) is 0 Å². The highest BCUT2D eigenvalue weighted by molar-refractivity contribution is 6.02. The number of benzene rings is 1. The first kappa shape index (κ1) is 17.5. The van der Waals surface area contributed by atoms with Crippen molar-refractivity contribution in [2.75, 3.05) is 26.2 Å². The highest BCUT2D eigenvalue weighted by atomic mass is 16.3. The van der Waals surface area contributed by atoms with Gasteiger partial charge in [0.2, 0.25) is 17.7 Å². The van der Waals surface area contributed by atoms with E-state index < -0.39 is 29.5 Å². The number of hydrogen-bond donors (Lipinski definition) is 3. The third-order valence-corrected chi connectivity index (χ3v) is 5.40. The Morgan fingerprint density at radius 3 is 2.70 bits per heavy atom. The third kappa shape index (κ3) is 2.74. The van der Waals surface area contributed by atoms with Gasteiger partial charge in [-0.25, -0.2) is 0 Å². The average molecular weight is 372 g/mol. The predicted molar refractivity (Wildman–Crippen MR) is 92.1 cm³/mol. The molecule has 1 aromatic carbocycles. The lowest BCUT2D eigenvalue weighted by molar-refractivity contribution is -0.146. The van der Waals surface area contributed by atoms with Crippen LogP contribution in [-0.2, 0) is 20.1 Å². The van der Waals surface area contributed by atoms with Crippen molar-refractivity contribution >= 4 is 23.6 Å². The summed E-state index contributed by atoms with van der Waals surface area (Å²) >= 11 is 0. The minimum Gasteiger partial charge on any atom is -0.365 e. The van der Waals surface area contributed by atoms with Gasteiger partial charge in [-0.2, -0.15) is 0 Å². The molecular weight excluding hydrogens is 352 g/mol. The molecule has 2 saturated heterocycles. The van der Waals surface area contributed by atoms with Crippen LogP contribution >= 0.6 is 0 Å². The standard InChI is InChI=1S/C18H20N4O5/c23-14-8-19-16(25)13-6-3-7-21(13)15(24)9-22-17(26)11-4-1-2-5-12(11)18(22,27)10-20-14/h1-2,4-5,13,27H,3,6-10H2,(H,19,25)(H,20,23)/t13-,18+/m0/s1. The number of aliphatic hydroxyl groups is 1. The number of rotatable bonds is 0. The summed E-state index contributed by atoms with van der Waals surface area (Å²) in [5.41, 5.74) is -1.18. The molecule has 4 amide bonds. The van der Waals surface area contributed by atoms with E-state index in [1.165, 1.54) is 4.90 Å². The Balaban J connectivity index is 1.73. The molecule has 9 nitrogen and oxygen atoms in total. The summed E-state index contributed by atoms with van der Waals surface area (Å²) in [5.74, 6) is -1.75. The molecule has 1 aromatic rings. The van der Waals surface area contributed by atoms with E-state index in [0.29, 0.717) is 30.5 Å². The van der Waals surface area contributed by atoms with Crippen molar-refractivity contribution in [3.63, 3.8) is 0 Å². The number of nitrogens with zero attached hydrogens (tertiary/aromatic N) is 2. The number of nitrogens with one attached hydrogen (secondary N) is 2. The van der Waals surface area contributed by atoms with Gasteiger partial charge in [0, 0.05) is 17.7 Å². The fraction of sp³-hybridized carbons (Fsp3) is 0.444. The van der Waals surface area contributed by atoms with Gasteiger partial charge in [-0.15, -0.1) is 0 Å². The van der Waals surface area contributed by atoms with Crippen molar-refractivity contribution in [2.24, 2.45) is 0 Å². The maximum atomic E-state index is 12.9. The molecule has 9 heteroatoms. The second kappa shape index (κ2) is 6.34. The monoisotopic (exact) mass is 372 g/mol. The number of amides is 4. The van der Waals surface area contributed by atoms with Gasteiger partial charge in [-0.05, 0) is 18.9 Å². The van der Waals surface area contributed by atoms with Gasteiger partial charge in [0.05, 0.1) is 13.1 Å². The molecule has 0 saturated carbocycles. The molecule has 0 spiro atoms. The van der Waals surface area contributed by atoms with Crippen molar-refractivity contribution in [2.45, 2.75) is 24.6 Å². The molecule has 2 fully saturated rings. The van der Waals surface area contributed by atoms with Crippen molar-refractivity contribution < 1.29 is 24.3 Å². The lowest BCUT2D eigenvalue weighted by Gasteiger charge is -2.36. The molecule has 0 unspecified atom stereocenters. The van der Waals surface area contributed by atoms with Crippen LogP contribution in [-0.4, -0.2) is 70.8 Å². The minimum absolute atomic E-state index is 0.261. The average Bonchev–Trinajstić information content (AvgIpc) is 3.23. The summed E-state index contributed by atoms with van der Waals surface area (Å²) in [7, 11) is 0. The van der Waals surface area contributed by atoms with E-state index in [1.54, 1.807) is 24.3 Å². The number of β-amino-alcohol motifs (C(OH)–C–C–N with tert-alkyl or cyclic N) is 1. The topological polar surface area (TPSA) is 119 Å². The van der Waals surface area contributed by atoms with E-state index in [0.717, 1.165) is 4.90 Å². The van der Waals surface area contributed by atoms with Crippen LogP contribution in [0.4, 0.5) is 0 Å². The SMILES string of the molecule is O=C1CNC(=O)[C@@H]2CCCN2C(=O)CN2C(=O)c3ccccc3[C@]2(O)CN1. The summed E-state index contributed by atoms with van der Waals surface area (Å²) in [6.07, 6.45) is 1.16. The van der Waals surface area contributed by atoms with Crippen LogP contribution < -0.4 is 10.6 Å². The Labute approximate surface area is 155 Å². The highest BCUT2D eigenvalue weighted by Crippen LogP contribution is 2.37. The third-order valence-electron chi connectivity index (χ3n) is 5.40. The molecule has 0 aliphatic carbocycles. The van der Waals surface area contributed by atoms with Crippen LogP contribution in [0, 0.1) is 0 Å². The predicted octanol–water partition coefficient (Wildman–Crippen LogP) is -1.48. The minimum atomic E-state index is -1.82. The first-order chi connectivity index (χ1) is 12.9. The Hall–Kier alpha value is -2.94. The fourth-order valence-electron chi connectivity index (χ4n) is 4.00. The van der Waals surface area contributed by atoms with Gasteiger partial charge >= 0.3 is 0 Å². The van der Waals surface area contributed by atoms with E-state index in [-0.39, 0.29) is 25.5 Å². The van der Waals surface area contributed by atoms with Gasteiger partial charge in [0.15, 0.2) is 5.72 Å².